The van der Waals surface area contributed by atoms with E-state index in [9.17, 15) is 9.59 Å². The quantitative estimate of drug-likeness (QED) is 0.424. The van der Waals surface area contributed by atoms with Crippen molar-refractivity contribution >= 4 is 28.3 Å². The van der Waals surface area contributed by atoms with E-state index >= 15 is 0 Å². The van der Waals surface area contributed by atoms with Crippen LogP contribution in [-0.2, 0) is 22.6 Å². The van der Waals surface area contributed by atoms with Crippen LogP contribution in [-0.4, -0.2) is 30.6 Å². The number of hydrogen-bond donors (Lipinski definition) is 1. The van der Waals surface area contributed by atoms with Crippen molar-refractivity contribution < 1.29 is 19.1 Å². The molecule has 6 heteroatoms. The molecule has 0 saturated carbocycles. The van der Waals surface area contributed by atoms with Crippen molar-refractivity contribution in [2.75, 3.05) is 14.2 Å². The lowest BCUT2D eigenvalue weighted by atomic mass is 10.00. The molecule has 2 heterocycles. The topological polar surface area (TPSA) is 69.6 Å². The van der Waals surface area contributed by atoms with E-state index in [1.165, 1.54) is 11.6 Å². The number of fused-ring (bicyclic) bond motifs is 1. The van der Waals surface area contributed by atoms with Crippen LogP contribution in [0.25, 0.3) is 16.5 Å². The van der Waals surface area contributed by atoms with Crippen LogP contribution in [0.5, 0.6) is 11.5 Å². The molecular formula is C28H24N2O4. The maximum Gasteiger partial charge on any atom is 0.258 e. The van der Waals surface area contributed by atoms with E-state index in [2.05, 4.69) is 40.2 Å². The third-order valence-electron chi connectivity index (χ3n) is 6.01. The average molecular weight is 453 g/mol. The highest BCUT2D eigenvalue weighted by Gasteiger charge is 2.25. The normalized spacial score (nSPS) is 13.2. The maximum atomic E-state index is 12.5. The van der Waals surface area contributed by atoms with Gasteiger partial charge in [0.05, 0.1) is 19.8 Å². The fourth-order valence-electron chi connectivity index (χ4n) is 4.40. The summed E-state index contributed by atoms with van der Waals surface area (Å²) in [5.74, 6) is 0.652. The number of hydrogen-bond acceptors (Lipinski definition) is 4. The van der Waals surface area contributed by atoms with Crippen LogP contribution in [0.3, 0.4) is 0 Å². The van der Waals surface area contributed by atoms with Gasteiger partial charge in [0.2, 0.25) is 0 Å². The summed E-state index contributed by atoms with van der Waals surface area (Å²) >= 11 is 0. The zero-order valence-electron chi connectivity index (χ0n) is 19.0. The number of nitrogens with one attached hydrogen (secondary N) is 1. The highest BCUT2D eigenvalue weighted by molar-refractivity contribution is 6.35. The molecule has 0 aliphatic carbocycles. The molecule has 0 saturated heterocycles. The summed E-state index contributed by atoms with van der Waals surface area (Å²) in [7, 11) is 3.25. The van der Waals surface area contributed by atoms with E-state index in [0.29, 0.717) is 23.6 Å². The van der Waals surface area contributed by atoms with Gasteiger partial charge in [-0.05, 0) is 47.4 Å². The van der Waals surface area contributed by atoms with Gasteiger partial charge in [-0.1, -0.05) is 36.4 Å². The minimum Gasteiger partial charge on any atom is -0.497 e. The molecule has 34 heavy (non-hydrogen) atoms. The molecule has 1 aromatic heterocycles. The van der Waals surface area contributed by atoms with Crippen molar-refractivity contribution in [2.24, 2.45) is 0 Å². The third kappa shape index (κ3) is 4.18. The monoisotopic (exact) mass is 452 g/mol. The van der Waals surface area contributed by atoms with Crippen molar-refractivity contribution in [1.29, 1.82) is 0 Å². The summed E-state index contributed by atoms with van der Waals surface area (Å²) in [6.07, 6.45) is 4.09. The number of amides is 2. The number of imide groups is 1. The minimum atomic E-state index is -0.390. The number of benzene rings is 3. The van der Waals surface area contributed by atoms with Crippen molar-refractivity contribution in [1.82, 2.24) is 9.88 Å². The second-order valence-electron chi connectivity index (χ2n) is 8.28. The average Bonchev–Trinajstić information content (AvgIpc) is 3.37. The van der Waals surface area contributed by atoms with Crippen LogP contribution in [0.15, 0.2) is 79.0 Å². The highest BCUT2D eigenvalue weighted by Crippen LogP contribution is 2.32. The smallest absolute Gasteiger partial charge is 0.258 e. The Balaban J connectivity index is 1.60. The molecule has 0 radical (unpaired) electrons. The molecule has 4 aromatic rings. The maximum absolute atomic E-state index is 12.5. The van der Waals surface area contributed by atoms with Crippen LogP contribution >= 0.6 is 0 Å². The fourth-order valence-corrected chi connectivity index (χ4v) is 4.40. The van der Waals surface area contributed by atoms with Crippen LogP contribution in [0.2, 0.25) is 0 Å². The Hall–Kier alpha value is -4.32. The molecule has 1 aliphatic rings. The van der Waals surface area contributed by atoms with E-state index in [1.807, 2.05) is 42.6 Å². The third-order valence-corrected chi connectivity index (χ3v) is 6.01. The Morgan fingerprint density at radius 2 is 1.56 bits per heavy atom. The van der Waals surface area contributed by atoms with Gasteiger partial charge in [-0.25, -0.2) is 0 Å². The van der Waals surface area contributed by atoms with Gasteiger partial charge < -0.3 is 14.0 Å². The van der Waals surface area contributed by atoms with E-state index < -0.39 is 0 Å². The summed E-state index contributed by atoms with van der Waals surface area (Å²) in [6.45, 7) is 0.547. The molecule has 170 valence electrons. The lowest BCUT2D eigenvalue weighted by Gasteiger charge is -2.10. The molecule has 1 N–H and O–H groups in total. The van der Waals surface area contributed by atoms with Gasteiger partial charge in [0, 0.05) is 41.4 Å². The first-order chi connectivity index (χ1) is 16.5. The van der Waals surface area contributed by atoms with Gasteiger partial charge in [0.1, 0.15) is 11.5 Å². The number of carbonyl (C=O) groups excluding carboxylic acids is 2. The molecule has 0 fully saturated rings. The van der Waals surface area contributed by atoms with Gasteiger partial charge in [0.15, 0.2) is 0 Å². The molecule has 0 unspecified atom stereocenters. The Morgan fingerprint density at radius 1 is 0.824 bits per heavy atom. The molecule has 3 aromatic carbocycles. The summed E-state index contributed by atoms with van der Waals surface area (Å²) in [4.78, 5) is 24.4. The van der Waals surface area contributed by atoms with Crippen molar-refractivity contribution in [3.63, 3.8) is 0 Å². The predicted molar refractivity (Wildman–Crippen MR) is 131 cm³/mol. The Bertz CT molecular complexity index is 1410. The molecule has 2 amide bonds. The SMILES string of the molecule is COc1cc(Cn2cc(C3=CC(=O)NC3=O)c3cc(Cc4ccccc4)ccc32)cc(OC)c1. The van der Waals surface area contributed by atoms with Gasteiger partial charge in [-0.2, -0.15) is 0 Å². The Kier molecular flexibility index (Phi) is 5.64. The number of nitrogens with zero attached hydrogens (tertiary/aromatic N) is 1. The van der Waals surface area contributed by atoms with Crippen LogP contribution in [0, 0.1) is 0 Å². The largest absolute Gasteiger partial charge is 0.497 e. The molecular weight excluding hydrogens is 428 g/mol. The zero-order chi connectivity index (χ0) is 23.7. The highest BCUT2D eigenvalue weighted by atomic mass is 16.5. The molecule has 0 spiro atoms. The number of carbonyl (C=O) groups is 2. The number of rotatable bonds is 7. The molecule has 0 atom stereocenters. The second kappa shape index (κ2) is 8.90. The van der Waals surface area contributed by atoms with Crippen LogP contribution in [0.4, 0.5) is 0 Å². The lowest BCUT2D eigenvalue weighted by Crippen LogP contribution is -2.21. The standard InChI is InChI=1S/C28H24N2O4/c1-33-21-11-20(12-22(14-21)34-2)16-30-17-25(24-15-27(31)29-28(24)32)23-13-19(8-9-26(23)30)10-18-6-4-3-5-7-18/h3-9,11-15,17H,10,16H2,1-2H3,(H,29,31,32). The first-order valence-corrected chi connectivity index (χ1v) is 11.0. The van der Waals surface area contributed by atoms with Gasteiger partial charge in [-0.15, -0.1) is 0 Å². The van der Waals surface area contributed by atoms with Gasteiger partial charge >= 0.3 is 0 Å². The van der Waals surface area contributed by atoms with E-state index in [4.69, 9.17) is 9.47 Å². The first kappa shape index (κ1) is 21.5. The number of methoxy groups -OCH3 is 2. The summed E-state index contributed by atoms with van der Waals surface area (Å²) in [5.41, 5.74) is 5.43. The van der Waals surface area contributed by atoms with E-state index in [0.717, 1.165) is 34.0 Å². The molecule has 0 bridgehead atoms. The Morgan fingerprint density at radius 3 is 2.21 bits per heavy atom. The van der Waals surface area contributed by atoms with Crippen LogP contribution < -0.4 is 14.8 Å². The molecule has 5 rings (SSSR count). The van der Waals surface area contributed by atoms with Crippen molar-refractivity contribution in [2.45, 2.75) is 13.0 Å². The number of ether oxygens (including phenoxy) is 2. The lowest BCUT2D eigenvalue weighted by molar-refractivity contribution is -0.123. The fraction of sp³-hybridized carbons (Fsp3) is 0.143. The van der Waals surface area contributed by atoms with E-state index in [1.54, 1.807) is 14.2 Å². The zero-order valence-corrected chi connectivity index (χ0v) is 19.0. The van der Waals surface area contributed by atoms with Crippen LogP contribution in [0.1, 0.15) is 22.3 Å². The summed E-state index contributed by atoms with van der Waals surface area (Å²) in [6, 6.07) is 22.3. The van der Waals surface area contributed by atoms with Crippen molar-refractivity contribution in [3.8, 4) is 11.5 Å². The second-order valence-corrected chi connectivity index (χ2v) is 8.28. The predicted octanol–water partition coefficient (Wildman–Crippen LogP) is 4.34. The van der Waals surface area contributed by atoms with E-state index in [-0.39, 0.29) is 11.8 Å². The van der Waals surface area contributed by atoms with Crippen molar-refractivity contribution in [3.05, 3.63) is 101 Å². The Labute approximate surface area is 197 Å². The summed E-state index contributed by atoms with van der Waals surface area (Å²) < 4.78 is 12.9. The van der Waals surface area contributed by atoms with Gasteiger partial charge in [0.25, 0.3) is 11.8 Å². The molecule has 1 aliphatic heterocycles. The number of aromatic nitrogens is 1. The minimum absolute atomic E-state index is 0.374. The van der Waals surface area contributed by atoms with Gasteiger partial charge in [-0.3, -0.25) is 14.9 Å². The first-order valence-electron chi connectivity index (χ1n) is 11.0. The summed E-state index contributed by atoms with van der Waals surface area (Å²) in [5, 5.41) is 3.29. The molecule has 6 nitrogen and oxygen atoms in total.